The Balaban J connectivity index is 0.000000187. The zero-order valence-electron chi connectivity index (χ0n) is 13.8. The number of carboxylic acid groups (broad SMARTS) is 2. The van der Waals surface area contributed by atoms with Crippen LogP contribution in [0.15, 0.2) is 72.8 Å². The van der Waals surface area contributed by atoms with Gasteiger partial charge in [0.2, 0.25) is 0 Å². The summed E-state index contributed by atoms with van der Waals surface area (Å²) in [4.78, 5) is 28.8. The van der Waals surface area contributed by atoms with Crippen molar-refractivity contribution in [1.82, 2.24) is 9.97 Å². The summed E-state index contributed by atoms with van der Waals surface area (Å²) < 4.78 is 0. The van der Waals surface area contributed by atoms with E-state index in [2.05, 4.69) is 9.97 Å². The fraction of sp³-hybridized carbons (Fsp3) is 0. The molecule has 0 aliphatic heterocycles. The van der Waals surface area contributed by atoms with E-state index in [0.717, 1.165) is 10.8 Å². The van der Waals surface area contributed by atoms with Crippen LogP contribution in [0, 0.1) is 0 Å². The van der Waals surface area contributed by atoms with Crippen LogP contribution in [-0.2, 0) is 16.5 Å². The second-order valence-electron chi connectivity index (χ2n) is 5.35. The Labute approximate surface area is 164 Å². The molecule has 2 aromatic heterocycles. The van der Waals surface area contributed by atoms with E-state index in [1.54, 1.807) is 24.3 Å². The van der Waals surface area contributed by atoms with E-state index in [9.17, 15) is 19.8 Å². The number of carbonyl (C=O) groups excluding carboxylic acids is 2. The summed E-state index contributed by atoms with van der Waals surface area (Å²) in [5.41, 5.74) is 1.28. The Hall–Kier alpha value is -3.31. The van der Waals surface area contributed by atoms with Crippen molar-refractivity contribution in [2.24, 2.45) is 0 Å². The number of fused-ring (bicyclic) bond motifs is 2. The predicted octanol–water partition coefficient (Wildman–Crippen LogP) is 1.19. The summed E-state index contributed by atoms with van der Waals surface area (Å²) in [7, 11) is 0. The van der Waals surface area contributed by atoms with Gasteiger partial charge in [-0.1, -0.05) is 48.5 Å². The molecule has 0 radical (unpaired) electrons. The quantitative estimate of drug-likeness (QED) is 0.466. The first-order chi connectivity index (χ1) is 12.5. The molecule has 0 aliphatic rings. The van der Waals surface area contributed by atoms with Crippen LogP contribution in [0.5, 0.6) is 0 Å². The summed E-state index contributed by atoms with van der Waals surface area (Å²) in [5, 5.41) is 22.8. The first-order valence-electron chi connectivity index (χ1n) is 7.69. The van der Waals surface area contributed by atoms with Gasteiger partial charge in [0.15, 0.2) is 0 Å². The molecule has 0 fully saturated rings. The van der Waals surface area contributed by atoms with Gasteiger partial charge in [0.25, 0.3) is 0 Å². The summed E-state index contributed by atoms with van der Waals surface area (Å²) in [5.74, 6) is -2.49. The van der Waals surface area contributed by atoms with Crippen molar-refractivity contribution in [3.8, 4) is 0 Å². The number of rotatable bonds is 2. The molecule has 0 atom stereocenters. The van der Waals surface area contributed by atoms with E-state index in [4.69, 9.17) is 0 Å². The Kier molecular flexibility index (Phi) is 6.58. The van der Waals surface area contributed by atoms with E-state index in [0.29, 0.717) is 11.0 Å². The van der Waals surface area contributed by atoms with Gasteiger partial charge < -0.3 is 19.8 Å². The van der Waals surface area contributed by atoms with Gasteiger partial charge in [0.05, 0.1) is 34.4 Å². The van der Waals surface area contributed by atoms with Crippen molar-refractivity contribution in [2.45, 2.75) is 0 Å². The fourth-order valence-corrected chi connectivity index (χ4v) is 2.36. The smallest absolute Gasteiger partial charge is 0.543 e. The molecule has 0 bridgehead atoms. The van der Waals surface area contributed by atoms with Gasteiger partial charge in [-0.25, -0.2) is 9.97 Å². The van der Waals surface area contributed by atoms with E-state index in [1.807, 2.05) is 36.4 Å². The third-order valence-corrected chi connectivity index (χ3v) is 3.62. The van der Waals surface area contributed by atoms with E-state index in [-0.39, 0.29) is 27.9 Å². The van der Waals surface area contributed by atoms with E-state index >= 15 is 0 Å². The number of hydrogen-bond acceptors (Lipinski definition) is 6. The van der Waals surface area contributed by atoms with Gasteiger partial charge in [-0.3, -0.25) is 0 Å². The van der Waals surface area contributed by atoms with Crippen molar-refractivity contribution in [1.29, 1.82) is 0 Å². The molecule has 136 valence electrons. The molecular formula is C20H12N2NiO4. The number of pyridine rings is 2. The standard InChI is InChI=1S/2C10H7NO2.Ni/c2*12-10(13)9-6-5-7-3-1-2-4-8(7)11-9;/h2*1-6H,(H,12,13);/q;;+2/p-2. The summed E-state index contributed by atoms with van der Waals surface area (Å²) in [6.45, 7) is 0. The largest absolute Gasteiger partial charge is 2.00 e. The van der Waals surface area contributed by atoms with Crippen LogP contribution in [0.3, 0.4) is 0 Å². The molecule has 4 rings (SSSR count). The second kappa shape index (κ2) is 8.87. The molecule has 0 amide bonds. The zero-order valence-corrected chi connectivity index (χ0v) is 14.8. The van der Waals surface area contributed by atoms with Crippen LogP contribution in [0.25, 0.3) is 21.8 Å². The number of carbonyl (C=O) groups is 2. The first kappa shape index (κ1) is 20.0. The number of aromatic nitrogens is 2. The van der Waals surface area contributed by atoms with Crippen LogP contribution >= 0.6 is 0 Å². The maximum absolute atomic E-state index is 10.5. The maximum Gasteiger partial charge on any atom is 2.00 e. The Morgan fingerprint density at radius 1 is 0.593 bits per heavy atom. The Morgan fingerprint density at radius 2 is 0.963 bits per heavy atom. The average molecular weight is 403 g/mol. The number of aromatic carboxylic acids is 2. The second-order valence-corrected chi connectivity index (χ2v) is 5.35. The van der Waals surface area contributed by atoms with Crippen LogP contribution < -0.4 is 10.2 Å². The molecule has 0 spiro atoms. The predicted molar refractivity (Wildman–Crippen MR) is 92.1 cm³/mol. The van der Waals surface area contributed by atoms with E-state index < -0.39 is 11.9 Å². The van der Waals surface area contributed by atoms with Crippen LogP contribution in [0.2, 0.25) is 0 Å². The third-order valence-electron chi connectivity index (χ3n) is 3.62. The summed E-state index contributed by atoms with van der Waals surface area (Å²) >= 11 is 0. The number of hydrogen-bond donors (Lipinski definition) is 0. The van der Waals surface area contributed by atoms with Crippen molar-refractivity contribution < 1.29 is 36.3 Å². The van der Waals surface area contributed by atoms with Gasteiger partial charge in [-0.05, 0) is 24.3 Å². The van der Waals surface area contributed by atoms with Gasteiger partial charge in [0.1, 0.15) is 0 Å². The average Bonchev–Trinajstić information content (AvgIpc) is 2.67. The Bertz CT molecular complexity index is 1030. The monoisotopic (exact) mass is 402 g/mol. The molecule has 0 saturated carbocycles. The fourth-order valence-electron chi connectivity index (χ4n) is 2.36. The minimum Gasteiger partial charge on any atom is -0.543 e. The molecule has 2 heterocycles. The first-order valence-corrected chi connectivity index (χ1v) is 7.69. The SMILES string of the molecule is O=C([O-])c1ccc2ccccc2n1.O=C([O-])c1ccc2ccccc2n1.[Ni+2]. The number of nitrogens with zero attached hydrogens (tertiary/aromatic N) is 2. The van der Waals surface area contributed by atoms with Gasteiger partial charge in [-0.2, -0.15) is 0 Å². The third kappa shape index (κ3) is 4.86. The molecule has 6 nitrogen and oxygen atoms in total. The molecule has 0 unspecified atom stereocenters. The number of para-hydroxylation sites is 2. The number of carboxylic acids is 2. The molecule has 0 saturated heterocycles. The van der Waals surface area contributed by atoms with Gasteiger partial charge in [0, 0.05) is 10.8 Å². The van der Waals surface area contributed by atoms with Gasteiger partial charge in [-0.15, -0.1) is 0 Å². The maximum atomic E-state index is 10.5. The number of benzene rings is 2. The minimum absolute atomic E-state index is 0. The van der Waals surface area contributed by atoms with Crippen LogP contribution in [0.4, 0.5) is 0 Å². The summed E-state index contributed by atoms with van der Waals surface area (Å²) in [6, 6.07) is 21.0. The molecule has 0 aliphatic carbocycles. The summed E-state index contributed by atoms with van der Waals surface area (Å²) in [6.07, 6.45) is 0. The minimum atomic E-state index is -1.24. The zero-order chi connectivity index (χ0) is 18.5. The Morgan fingerprint density at radius 3 is 1.33 bits per heavy atom. The topological polar surface area (TPSA) is 106 Å². The molecule has 2 aromatic carbocycles. The van der Waals surface area contributed by atoms with Crippen molar-refractivity contribution >= 4 is 33.7 Å². The van der Waals surface area contributed by atoms with Crippen LogP contribution in [0.1, 0.15) is 21.0 Å². The van der Waals surface area contributed by atoms with E-state index in [1.165, 1.54) is 12.1 Å². The molecule has 7 heteroatoms. The van der Waals surface area contributed by atoms with Gasteiger partial charge >= 0.3 is 16.5 Å². The van der Waals surface area contributed by atoms with Crippen molar-refractivity contribution in [3.05, 3.63) is 84.2 Å². The van der Waals surface area contributed by atoms with Crippen LogP contribution in [-0.4, -0.2) is 21.9 Å². The molecule has 0 N–H and O–H groups in total. The molecule has 4 aromatic rings. The van der Waals surface area contributed by atoms with Crippen molar-refractivity contribution in [2.75, 3.05) is 0 Å². The molecule has 27 heavy (non-hydrogen) atoms. The van der Waals surface area contributed by atoms with Crippen molar-refractivity contribution in [3.63, 3.8) is 0 Å². The molecular weight excluding hydrogens is 391 g/mol. The normalized spacial score (nSPS) is 9.78.